The lowest BCUT2D eigenvalue weighted by molar-refractivity contribution is -0.115. The van der Waals surface area contributed by atoms with Crippen molar-refractivity contribution in [1.29, 1.82) is 0 Å². The summed E-state index contributed by atoms with van der Waals surface area (Å²) in [6, 6.07) is 12.2. The van der Waals surface area contributed by atoms with Crippen molar-refractivity contribution in [2.24, 2.45) is 0 Å². The van der Waals surface area contributed by atoms with E-state index in [1.807, 2.05) is 24.3 Å². The van der Waals surface area contributed by atoms with Gasteiger partial charge >= 0.3 is 0 Å². The number of hydrogen-bond donors (Lipinski definition) is 3. The predicted octanol–water partition coefficient (Wildman–Crippen LogP) is 3.78. The Morgan fingerprint density at radius 1 is 0.926 bits per heavy atom. The molecule has 2 rings (SSSR count). The molecule has 142 valence electrons. The number of halogens is 1. The first-order chi connectivity index (χ1) is 12.8. The molecule has 0 spiro atoms. The van der Waals surface area contributed by atoms with Crippen molar-refractivity contribution in [3.63, 3.8) is 0 Å². The second-order valence-corrected chi connectivity index (χ2v) is 7.32. The molecule has 2 aromatic rings. The minimum Gasteiger partial charge on any atom is -0.351 e. The number of benzene rings is 2. The number of thioether (sulfide) groups is 1. The summed E-state index contributed by atoms with van der Waals surface area (Å²) in [6.45, 7) is 3.21. The fourth-order valence-corrected chi connectivity index (χ4v) is 3.17. The molecule has 0 unspecified atom stereocenters. The summed E-state index contributed by atoms with van der Waals surface area (Å²) in [6.07, 6.45) is 0. The van der Waals surface area contributed by atoms with E-state index in [0.717, 1.165) is 4.90 Å². The van der Waals surface area contributed by atoms with E-state index < -0.39 is 0 Å². The van der Waals surface area contributed by atoms with Crippen LogP contribution in [0.2, 0.25) is 5.02 Å². The lowest BCUT2D eigenvalue weighted by atomic mass is 10.1. The van der Waals surface area contributed by atoms with E-state index in [1.165, 1.54) is 13.8 Å². The summed E-state index contributed by atoms with van der Waals surface area (Å²) >= 11 is 7.45. The predicted molar refractivity (Wildman–Crippen MR) is 110 cm³/mol. The highest BCUT2D eigenvalue weighted by Crippen LogP contribution is 2.21. The fourth-order valence-electron chi connectivity index (χ4n) is 2.28. The van der Waals surface area contributed by atoms with Gasteiger partial charge in [-0.15, -0.1) is 11.8 Å². The van der Waals surface area contributed by atoms with Crippen LogP contribution >= 0.6 is 23.4 Å². The molecule has 0 bridgehead atoms. The molecule has 0 aliphatic rings. The van der Waals surface area contributed by atoms with Crippen molar-refractivity contribution in [2.45, 2.75) is 18.7 Å². The van der Waals surface area contributed by atoms with Crippen molar-refractivity contribution >= 4 is 52.5 Å². The second kappa shape index (κ2) is 9.99. The zero-order valence-electron chi connectivity index (χ0n) is 15.0. The van der Waals surface area contributed by atoms with Gasteiger partial charge in [-0.05, 0) is 42.5 Å². The van der Waals surface area contributed by atoms with Gasteiger partial charge in [-0.25, -0.2) is 0 Å². The van der Waals surface area contributed by atoms with Crippen molar-refractivity contribution in [3.8, 4) is 0 Å². The van der Waals surface area contributed by atoms with E-state index in [0.29, 0.717) is 34.3 Å². The Balaban J connectivity index is 1.97. The fraction of sp³-hybridized carbons (Fsp3) is 0.211. The summed E-state index contributed by atoms with van der Waals surface area (Å²) in [4.78, 5) is 36.0. The van der Waals surface area contributed by atoms with Gasteiger partial charge in [-0.2, -0.15) is 0 Å². The molecule has 0 aromatic heterocycles. The molecule has 0 fully saturated rings. The van der Waals surface area contributed by atoms with Crippen LogP contribution in [0.1, 0.15) is 24.2 Å². The molecule has 0 heterocycles. The van der Waals surface area contributed by atoms with Crippen LogP contribution in [0.5, 0.6) is 0 Å². The molecule has 0 saturated heterocycles. The minimum atomic E-state index is -0.287. The monoisotopic (exact) mass is 405 g/mol. The van der Waals surface area contributed by atoms with E-state index in [2.05, 4.69) is 16.0 Å². The number of nitrogens with one attached hydrogen (secondary N) is 3. The van der Waals surface area contributed by atoms with Crippen LogP contribution in [0.15, 0.2) is 47.4 Å². The Bertz CT molecular complexity index is 806. The third-order valence-corrected chi connectivity index (χ3v) is 4.57. The van der Waals surface area contributed by atoms with Crippen LogP contribution in [0.4, 0.5) is 11.4 Å². The molecule has 3 amide bonds. The molecule has 27 heavy (non-hydrogen) atoms. The zero-order chi connectivity index (χ0) is 19.8. The molecular weight excluding hydrogens is 386 g/mol. The Morgan fingerprint density at radius 2 is 1.48 bits per heavy atom. The van der Waals surface area contributed by atoms with Crippen LogP contribution < -0.4 is 16.0 Å². The Morgan fingerprint density at radius 3 is 2.00 bits per heavy atom. The van der Waals surface area contributed by atoms with Crippen LogP contribution in [0, 0.1) is 0 Å². The molecule has 6 nitrogen and oxygen atoms in total. The molecule has 3 N–H and O–H groups in total. The third kappa shape index (κ3) is 7.32. The smallest absolute Gasteiger partial charge is 0.251 e. The first-order valence-electron chi connectivity index (χ1n) is 8.20. The van der Waals surface area contributed by atoms with Crippen molar-refractivity contribution < 1.29 is 14.4 Å². The van der Waals surface area contributed by atoms with Crippen molar-refractivity contribution in [3.05, 3.63) is 53.1 Å². The van der Waals surface area contributed by atoms with E-state index in [9.17, 15) is 14.4 Å². The van der Waals surface area contributed by atoms with Crippen molar-refractivity contribution in [1.82, 2.24) is 5.32 Å². The Labute approximate surface area is 167 Å². The summed E-state index contributed by atoms with van der Waals surface area (Å²) in [5.74, 6) is -0.121. The van der Waals surface area contributed by atoms with Gasteiger partial charge in [-0.1, -0.05) is 11.6 Å². The Kier molecular flexibility index (Phi) is 7.69. The maximum atomic E-state index is 12.4. The average Bonchev–Trinajstić information content (AvgIpc) is 2.58. The number of carbonyl (C=O) groups excluding carboxylic acids is 3. The highest BCUT2D eigenvalue weighted by atomic mass is 35.5. The molecule has 0 radical (unpaired) electrons. The maximum Gasteiger partial charge on any atom is 0.251 e. The van der Waals surface area contributed by atoms with Crippen LogP contribution in [0.25, 0.3) is 0 Å². The first-order valence-corrected chi connectivity index (χ1v) is 9.56. The topological polar surface area (TPSA) is 87.3 Å². The van der Waals surface area contributed by atoms with Gasteiger partial charge in [0, 0.05) is 53.0 Å². The Hall–Kier alpha value is -2.51. The summed E-state index contributed by atoms with van der Waals surface area (Å²) in [7, 11) is 0. The number of amides is 3. The summed E-state index contributed by atoms with van der Waals surface area (Å²) in [5, 5.41) is 8.76. The highest BCUT2D eigenvalue weighted by molar-refractivity contribution is 7.99. The van der Waals surface area contributed by atoms with Crippen LogP contribution in [-0.4, -0.2) is 30.0 Å². The van der Waals surface area contributed by atoms with E-state index in [-0.39, 0.29) is 17.7 Å². The van der Waals surface area contributed by atoms with Crippen molar-refractivity contribution in [2.75, 3.05) is 22.9 Å². The normalized spacial score (nSPS) is 10.2. The summed E-state index contributed by atoms with van der Waals surface area (Å²) in [5.41, 5.74) is 1.23. The highest BCUT2D eigenvalue weighted by Gasteiger charge is 2.10. The molecule has 8 heteroatoms. The lowest BCUT2D eigenvalue weighted by Crippen LogP contribution is -2.26. The van der Waals surface area contributed by atoms with E-state index in [4.69, 9.17) is 11.6 Å². The quantitative estimate of drug-likeness (QED) is 0.483. The SMILES string of the molecule is CC(=O)Nc1cc(NC(C)=O)cc(C(=O)NCCSc2ccc(Cl)cc2)c1. The zero-order valence-corrected chi connectivity index (χ0v) is 16.5. The average molecular weight is 406 g/mol. The number of rotatable bonds is 7. The number of carbonyl (C=O) groups is 3. The maximum absolute atomic E-state index is 12.4. The standard InChI is InChI=1S/C19H20ClN3O3S/c1-12(24)22-16-9-14(10-17(11-16)23-13(2)25)19(26)21-7-8-27-18-5-3-15(20)4-6-18/h3-6,9-11H,7-8H2,1-2H3,(H,21,26)(H,22,24)(H,23,25). The van der Waals surface area contributed by atoms with Gasteiger partial charge < -0.3 is 16.0 Å². The van der Waals surface area contributed by atoms with E-state index >= 15 is 0 Å². The van der Waals surface area contributed by atoms with E-state index in [1.54, 1.807) is 30.0 Å². The molecule has 2 aromatic carbocycles. The summed E-state index contributed by atoms with van der Waals surface area (Å²) < 4.78 is 0. The molecule has 0 aliphatic carbocycles. The second-order valence-electron chi connectivity index (χ2n) is 5.72. The number of anilines is 2. The molecular formula is C19H20ClN3O3S. The minimum absolute atomic E-state index is 0.263. The van der Waals surface area contributed by atoms with Gasteiger partial charge in [-0.3, -0.25) is 14.4 Å². The van der Waals surface area contributed by atoms with Gasteiger partial charge in [0.15, 0.2) is 0 Å². The van der Waals surface area contributed by atoms with Crippen LogP contribution in [-0.2, 0) is 9.59 Å². The first kappa shape index (κ1) is 20.8. The molecule has 0 aliphatic heterocycles. The van der Waals surface area contributed by atoms with Gasteiger partial charge in [0.2, 0.25) is 11.8 Å². The van der Waals surface area contributed by atoms with Gasteiger partial charge in [0.05, 0.1) is 0 Å². The van der Waals surface area contributed by atoms with Gasteiger partial charge in [0.25, 0.3) is 5.91 Å². The lowest BCUT2D eigenvalue weighted by Gasteiger charge is -2.11. The number of hydrogen-bond acceptors (Lipinski definition) is 4. The molecule has 0 atom stereocenters. The molecule has 0 saturated carbocycles. The third-order valence-electron chi connectivity index (χ3n) is 3.31. The van der Waals surface area contributed by atoms with Crippen LogP contribution in [0.3, 0.4) is 0 Å². The largest absolute Gasteiger partial charge is 0.351 e. The van der Waals surface area contributed by atoms with Gasteiger partial charge in [0.1, 0.15) is 0 Å².